The first-order valence-corrected chi connectivity index (χ1v) is 9.07. The van der Waals surface area contributed by atoms with Crippen molar-refractivity contribution in [2.75, 3.05) is 26.2 Å². The zero-order chi connectivity index (χ0) is 17.3. The molecule has 3 rings (SSSR count). The molecule has 136 valence electrons. The topological polar surface area (TPSA) is 52.7 Å². The van der Waals surface area contributed by atoms with E-state index in [-0.39, 0.29) is 49.5 Å². The van der Waals surface area contributed by atoms with Crippen LogP contribution in [0.15, 0.2) is 0 Å². The minimum Gasteiger partial charge on any atom is -0.352 e. The van der Waals surface area contributed by atoms with Gasteiger partial charge in [0.05, 0.1) is 6.04 Å². The third-order valence-electron chi connectivity index (χ3n) is 5.54. The van der Waals surface area contributed by atoms with Crippen LogP contribution in [0, 0.1) is 5.92 Å². The average molecular weight is 343 g/mol. The average Bonchev–Trinajstić information content (AvgIpc) is 3.37. The molecule has 0 aromatic rings. The van der Waals surface area contributed by atoms with Gasteiger partial charge in [-0.1, -0.05) is 0 Å². The van der Waals surface area contributed by atoms with Gasteiger partial charge in [-0.15, -0.1) is 0 Å². The van der Waals surface area contributed by atoms with E-state index in [4.69, 9.17) is 0 Å². The number of hydrogen-bond acceptors (Lipinski definition) is 3. The minimum atomic E-state index is -2.60. The Morgan fingerprint density at radius 2 is 1.62 bits per heavy atom. The van der Waals surface area contributed by atoms with Crippen LogP contribution in [0.5, 0.6) is 0 Å². The molecule has 1 N–H and O–H groups in total. The largest absolute Gasteiger partial charge is 0.352 e. The van der Waals surface area contributed by atoms with E-state index < -0.39 is 5.92 Å². The molecule has 0 aromatic heterocycles. The summed E-state index contributed by atoms with van der Waals surface area (Å²) in [6.07, 6.45) is 2.35. The molecular formula is C17H27F2N3O2. The van der Waals surface area contributed by atoms with Gasteiger partial charge >= 0.3 is 0 Å². The molecule has 3 aliphatic rings. The van der Waals surface area contributed by atoms with E-state index >= 15 is 0 Å². The minimum absolute atomic E-state index is 0.0141. The highest BCUT2D eigenvalue weighted by Crippen LogP contribution is 2.36. The Morgan fingerprint density at radius 3 is 2.17 bits per heavy atom. The van der Waals surface area contributed by atoms with Crippen LogP contribution in [0.1, 0.15) is 45.4 Å². The van der Waals surface area contributed by atoms with Crippen LogP contribution in [-0.2, 0) is 9.59 Å². The predicted octanol–water partition coefficient (Wildman–Crippen LogP) is 1.62. The molecule has 2 saturated carbocycles. The zero-order valence-corrected chi connectivity index (χ0v) is 14.3. The molecule has 1 saturated heterocycles. The molecule has 2 aliphatic carbocycles. The lowest BCUT2D eigenvalue weighted by molar-refractivity contribution is -0.142. The Labute approximate surface area is 141 Å². The normalized spacial score (nSPS) is 26.9. The van der Waals surface area contributed by atoms with Gasteiger partial charge in [0.25, 0.3) is 0 Å². The summed E-state index contributed by atoms with van der Waals surface area (Å²) in [6, 6.07) is 0.170. The fourth-order valence-corrected chi connectivity index (χ4v) is 3.59. The van der Waals surface area contributed by atoms with Crippen LogP contribution in [0.2, 0.25) is 0 Å². The fraction of sp³-hybridized carbons (Fsp3) is 0.882. The number of hydrogen-bond donors (Lipinski definition) is 1. The van der Waals surface area contributed by atoms with Crippen LogP contribution in [-0.4, -0.2) is 65.8 Å². The van der Waals surface area contributed by atoms with Crippen LogP contribution in [0.25, 0.3) is 0 Å². The van der Waals surface area contributed by atoms with Gasteiger partial charge in [-0.3, -0.25) is 14.5 Å². The molecule has 24 heavy (non-hydrogen) atoms. The predicted molar refractivity (Wildman–Crippen MR) is 85.7 cm³/mol. The summed E-state index contributed by atoms with van der Waals surface area (Å²) in [6.45, 7) is 4.37. The number of piperazine rings is 1. The maximum Gasteiger partial charge on any atom is 0.248 e. The van der Waals surface area contributed by atoms with Crippen molar-refractivity contribution >= 4 is 11.8 Å². The van der Waals surface area contributed by atoms with E-state index in [0.717, 1.165) is 12.8 Å². The van der Waals surface area contributed by atoms with Gasteiger partial charge < -0.3 is 10.2 Å². The van der Waals surface area contributed by atoms with Crippen LogP contribution >= 0.6 is 0 Å². The Bertz CT molecular complexity index is 478. The number of nitrogens with one attached hydrogen (secondary N) is 1. The maximum atomic E-state index is 13.2. The summed E-state index contributed by atoms with van der Waals surface area (Å²) in [5.74, 6) is -2.78. The van der Waals surface area contributed by atoms with E-state index in [2.05, 4.69) is 10.2 Å². The van der Waals surface area contributed by atoms with Crippen molar-refractivity contribution in [3.8, 4) is 0 Å². The molecule has 0 spiro atoms. The lowest BCUT2D eigenvalue weighted by Gasteiger charge is -2.39. The standard InChI is InChI=1S/C17H27F2N3O2/c1-12(15(23)20-14-2-3-14)21-8-10-22(11-9-21)16(24)13-4-6-17(18,19)7-5-13/h12-14H,2-11H2,1H3,(H,20,23). The van der Waals surface area contributed by atoms with Gasteiger partial charge in [-0.25, -0.2) is 8.78 Å². The Kier molecular flexibility index (Phi) is 5.08. The molecule has 1 aliphatic heterocycles. The first-order valence-electron chi connectivity index (χ1n) is 9.07. The number of halogens is 2. The van der Waals surface area contributed by atoms with Crippen LogP contribution in [0.4, 0.5) is 8.78 Å². The van der Waals surface area contributed by atoms with Gasteiger partial charge in [-0.05, 0) is 32.6 Å². The summed E-state index contributed by atoms with van der Waals surface area (Å²) in [5.41, 5.74) is 0. The van der Waals surface area contributed by atoms with Crippen molar-refractivity contribution in [2.24, 2.45) is 5.92 Å². The van der Waals surface area contributed by atoms with Gasteiger partial charge in [0.15, 0.2) is 0 Å². The number of rotatable bonds is 4. The smallest absolute Gasteiger partial charge is 0.248 e. The molecule has 3 fully saturated rings. The number of carbonyl (C=O) groups is 2. The van der Waals surface area contributed by atoms with Crippen molar-refractivity contribution in [3.63, 3.8) is 0 Å². The summed E-state index contributed by atoms with van der Waals surface area (Å²) in [7, 11) is 0. The number of amides is 2. The summed E-state index contributed by atoms with van der Waals surface area (Å²) in [5, 5.41) is 3.01. The van der Waals surface area contributed by atoms with E-state index in [9.17, 15) is 18.4 Å². The molecule has 5 nitrogen and oxygen atoms in total. The second-order valence-electron chi connectivity index (χ2n) is 7.45. The lowest BCUT2D eigenvalue weighted by Crippen LogP contribution is -2.56. The third-order valence-corrected chi connectivity index (χ3v) is 5.54. The van der Waals surface area contributed by atoms with Crippen LogP contribution < -0.4 is 5.32 Å². The van der Waals surface area contributed by atoms with Crippen molar-refractivity contribution in [3.05, 3.63) is 0 Å². The van der Waals surface area contributed by atoms with E-state index in [1.54, 1.807) is 4.90 Å². The SMILES string of the molecule is CC(C(=O)NC1CC1)N1CCN(C(=O)C2CCC(F)(F)CC2)CC1. The molecule has 0 bridgehead atoms. The molecule has 1 unspecified atom stereocenters. The van der Waals surface area contributed by atoms with Crippen molar-refractivity contribution < 1.29 is 18.4 Å². The lowest BCUT2D eigenvalue weighted by atomic mass is 9.86. The maximum absolute atomic E-state index is 13.2. The summed E-state index contributed by atoms with van der Waals surface area (Å²) < 4.78 is 26.4. The van der Waals surface area contributed by atoms with E-state index in [0.29, 0.717) is 32.2 Å². The highest BCUT2D eigenvalue weighted by molar-refractivity contribution is 5.82. The molecule has 7 heteroatoms. The monoisotopic (exact) mass is 343 g/mol. The Hall–Kier alpha value is -1.24. The zero-order valence-electron chi connectivity index (χ0n) is 14.3. The second kappa shape index (κ2) is 6.94. The third kappa shape index (κ3) is 4.23. The first-order chi connectivity index (χ1) is 11.4. The van der Waals surface area contributed by atoms with E-state index in [1.807, 2.05) is 6.92 Å². The van der Waals surface area contributed by atoms with E-state index in [1.165, 1.54) is 0 Å². The molecule has 2 amide bonds. The number of alkyl halides is 2. The molecule has 1 atom stereocenters. The van der Waals surface area contributed by atoms with Crippen LogP contribution in [0.3, 0.4) is 0 Å². The molecular weight excluding hydrogens is 316 g/mol. The Balaban J connectivity index is 1.44. The summed E-state index contributed by atoms with van der Waals surface area (Å²) in [4.78, 5) is 28.5. The highest BCUT2D eigenvalue weighted by Gasteiger charge is 2.39. The Morgan fingerprint density at radius 1 is 1.04 bits per heavy atom. The molecule has 0 aromatic carbocycles. The molecule has 0 radical (unpaired) electrons. The van der Waals surface area contributed by atoms with Gasteiger partial charge in [0.1, 0.15) is 0 Å². The van der Waals surface area contributed by atoms with Gasteiger partial charge in [0.2, 0.25) is 17.7 Å². The number of nitrogens with zero attached hydrogens (tertiary/aromatic N) is 2. The first kappa shape index (κ1) is 17.6. The van der Waals surface area contributed by atoms with Crippen molar-refractivity contribution in [2.45, 2.75) is 63.5 Å². The van der Waals surface area contributed by atoms with Crippen molar-refractivity contribution in [1.82, 2.24) is 15.1 Å². The van der Waals surface area contributed by atoms with Gasteiger partial charge in [-0.2, -0.15) is 0 Å². The highest BCUT2D eigenvalue weighted by atomic mass is 19.3. The van der Waals surface area contributed by atoms with Gasteiger partial charge in [0, 0.05) is 51.0 Å². The fourth-order valence-electron chi connectivity index (χ4n) is 3.59. The second-order valence-corrected chi connectivity index (χ2v) is 7.45. The molecule has 1 heterocycles. The number of carbonyl (C=O) groups excluding carboxylic acids is 2. The van der Waals surface area contributed by atoms with Crippen molar-refractivity contribution in [1.29, 1.82) is 0 Å². The quantitative estimate of drug-likeness (QED) is 0.844. The summed E-state index contributed by atoms with van der Waals surface area (Å²) >= 11 is 0.